The summed E-state index contributed by atoms with van der Waals surface area (Å²) in [6, 6.07) is 8.17. The van der Waals surface area contributed by atoms with Gasteiger partial charge < -0.3 is 10.3 Å². The monoisotopic (exact) mass is 249 g/mol. The lowest BCUT2D eigenvalue weighted by Gasteiger charge is -2.13. The summed E-state index contributed by atoms with van der Waals surface area (Å²) in [4.78, 5) is 7.36. The normalized spacial score (nSPS) is 12.6. The Morgan fingerprint density at radius 1 is 1.47 bits per heavy atom. The minimum atomic E-state index is 0.261. The molecule has 2 N–H and O–H groups in total. The van der Waals surface area contributed by atoms with Gasteiger partial charge in [0.2, 0.25) is 0 Å². The first kappa shape index (κ1) is 12.1. The molecule has 3 nitrogen and oxygen atoms in total. The standard InChI is InChI=1S/C13H16ClN3/c1-9(11-4-3-5-12(14)6-11)15-7-13-8-16-10(2)17-13/h3-6,8-9,15H,7H2,1-2H3,(H,16,17). The van der Waals surface area contributed by atoms with Gasteiger partial charge >= 0.3 is 0 Å². The van der Waals surface area contributed by atoms with Crippen LogP contribution in [0.2, 0.25) is 5.02 Å². The molecule has 1 unspecified atom stereocenters. The highest BCUT2D eigenvalue weighted by atomic mass is 35.5. The van der Waals surface area contributed by atoms with Gasteiger partial charge in [-0.3, -0.25) is 0 Å². The van der Waals surface area contributed by atoms with Crippen LogP contribution in [-0.4, -0.2) is 9.97 Å². The summed E-state index contributed by atoms with van der Waals surface area (Å²) in [7, 11) is 0. The first-order valence-electron chi connectivity index (χ1n) is 5.64. The second-order valence-electron chi connectivity index (χ2n) is 4.15. The zero-order valence-electron chi connectivity index (χ0n) is 10.00. The van der Waals surface area contributed by atoms with Crippen molar-refractivity contribution in [3.05, 3.63) is 52.6 Å². The topological polar surface area (TPSA) is 40.7 Å². The Morgan fingerprint density at radius 2 is 2.29 bits per heavy atom. The smallest absolute Gasteiger partial charge is 0.103 e. The van der Waals surface area contributed by atoms with E-state index in [-0.39, 0.29) is 6.04 Å². The van der Waals surface area contributed by atoms with E-state index in [4.69, 9.17) is 11.6 Å². The second-order valence-corrected chi connectivity index (χ2v) is 4.59. The van der Waals surface area contributed by atoms with Gasteiger partial charge in [-0.1, -0.05) is 23.7 Å². The van der Waals surface area contributed by atoms with Crippen LogP contribution in [0.25, 0.3) is 0 Å². The molecule has 2 rings (SSSR count). The lowest BCUT2D eigenvalue weighted by atomic mass is 10.1. The van der Waals surface area contributed by atoms with E-state index in [0.29, 0.717) is 0 Å². The van der Waals surface area contributed by atoms with Gasteiger partial charge in [0.15, 0.2) is 0 Å². The molecule has 0 saturated heterocycles. The largest absolute Gasteiger partial charge is 0.345 e. The molecule has 0 spiro atoms. The van der Waals surface area contributed by atoms with Crippen molar-refractivity contribution in [3.63, 3.8) is 0 Å². The van der Waals surface area contributed by atoms with E-state index in [1.165, 1.54) is 5.56 Å². The number of hydrogen-bond acceptors (Lipinski definition) is 2. The molecule has 1 atom stereocenters. The number of rotatable bonds is 4. The van der Waals surface area contributed by atoms with Crippen molar-refractivity contribution in [2.24, 2.45) is 0 Å². The van der Waals surface area contributed by atoms with E-state index < -0.39 is 0 Å². The van der Waals surface area contributed by atoms with Crippen LogP contribution in [0.4, 0.5) is 0 Å². The summed E-state index contributed by atoms with van der Waals surface area (Å²) in [5.41, 5.74) is 2.28. The van der Waals surface area contributed by atoms with Crippen molar-refractivity contribution in [1.82, 2.24) is 15.3 Å². The molecule has 0 aliphatic heterocycles. The van der Waals surface area contributed by atoms with E-state index in [2.05, 4.69) is 28.3 Å². The van der Waals surface area contributed by atoms with Crippen molar-refractivity contribution in [1.29, 1.82) is 0 Å². The summed E-state index contributed by atoms with van der Waals surface area (Å²) in [5, 5.41) is 4.20. The van der Waals surface area contributed by atoms with Crippen LogP contribution >= 0.6 is 11.6 Å². The predicted molar refractivity (Wildman–Crippen MR) is 70.0 cm³/mol. The summed E-state index contributed by atoms with van der Waals surface area (Å²) >= 11 is 5.97. The van der Waals surface area contributed by atoms with Crippen LogP contribution in [-0.2, 0) is 6.54 Å². The molecule has 4 heteroatoms. The molecule has 0 amide bonds. The first-order chi connectivity index (χ1) is 8.15. The number of aromatic nitrogens is 2. The molecule has 0 radical (unpaired) electrons. The van der Waals surface area contributed by atoms with E-state index in [0.717, 1.165) is 23.1 Å². The molecule has 0 fully saturated rings. The van der Waals surface area contributed by atoms with Crippen molar-refractivity contribution in [2.45, 2.75) is 26.4 Å². The molecular formula is C13H16ClN3. The van der Waals surface area contributed by atoms with Crippen LogP contribution in [0.3, 0.4) is 0 Å². The van der Waals surface area contributed by atoms with Gasteiger partial charge in [-0.25, -0.2) is 4.98 Å². The van der Waals surface area contributed by atoms with Crippen molar-refractivity contribution >= 4 is 11.6 Å². The third-order valence-electron chi connectivity index (χ3n) is 2.70. The maximum Gasteiger partial charge on any atom is 0.103 e. The Hall–Kier alpha value is -1.32. The Kier molecular flexibility index (Phi) is 3.82. The van der Waals surface area contributed by atoms with Crippen LogP contribution in [0.15, 0.2) is 30.5 Å². The molecule has 2 aromatic rings. The van der Waals surface area contributed by atoms with Crippen LogP contribution in [0.5, 0.6) is 0 Å². The minimum Gasteiger partial charge on any atom is -0.345 e. The van der Waals surface area contributed by atoms with E-state index in [1.807, 2.05) is 31.3 Å². The quantitative estimate of drug-likeness (QED) is 0.874. The van der Waals surface area contributed by atoms with Gasteiger partial charge in [-0.05, 0) is 31.5 Å². The fraction of sp³-hybridized carbons (Fsp3) is 0.308. The van der Waals surface area contributed by atoms with Crippen molar-refractivity contribution in [3.8, 4) is 0 Å². The molecule has 90 valence electrons. The fourth-order valence-corrected chi connectivity index (χ4v) is 1.92. The van der Waals surface area contributed by atoms with E-state index in [1.54, 1.807) is 0 Å². The number of nitrogens with zero attached hydrogens (tertiary/aromatic N) is 1. The lowest BCUT2D eigenvalue weighted by molar-refractivity contribution is 0.568. The Balaban J connectivity index is 1.95. The third kappa shape index (κ3) is 3.32. The van der Waals surface area contributed by atoms with Gasteiger partial charge in [0.1, 0.15) is 5.82 Å². The number of aryl methyl sites for hydroxylation is 1. The van der Waals surface area contributed by atoms with Gasteiger partial charge in [0.05, 0.1) is 0 Å². The van der Waals surface area contributed by atoms with E-state index >= 15 is 0 Å². The van der Waals surface area contributed by atoms with Gasteiger partial charge in [0, 0.05) is 29.5 Å². The third-order valence-corrected chi connectivity index (χ3v) is 2.94. The summed E-state index contributed by atoms with van der Waals surface area (Å²) < 4.78 is 0. The highest BCUT2D eigenvalue weighted by Gasteiger charge is 2.05. The molecule has 17 heavy (non-hydrogen) atoms. The van der Waals surface area contributed by atoms with Crippen molar-refractivity contribution < 1.29 is 0 Å². The predicted octanol–water partition coefficient (Wildman–Crippen LogP) is 3.22. The SMILES string of the molecule is Cc1ncc(CNC(C)c2cccc(Cl)c2)[nH]1. The maximum absolute atomic E-state index is 5.97. The highest BCUT2D eigenvalue weighted by molar-refractivity contribution is 6.30. The molecule has 0 aliphatic rings. The summed E-state index contributed by atoms with van der Waals surface area (Å²) in [6.45, 7) is 4.84. The molecule has 1 aromatic carbocycles. The van der Waals surface area contributed by atoms with Crippen LogP contribution in [0.1, 0.15) is 30.0 Å². The first-order valence-corrected chi connectivity index (χ1v) is 6.02. The molecule has 0 aliphatic carbocycles. The van der Waals surface area contributed by atoms with E-state index in [9.17, 15) is 0 Å². The van der Waals surface area contributed by atoms with Gasteiger partial charge in [-0.2, -0.15) is 0 Å². The summed E-state index contributed by atoms with van der Waals surface area (Å²) in [5.74, 6) is 0.942. The number of halogens is 1. The number of aromatic amines is 1. The Bertz CT molecular complexity index is 493. The number of benzene rings is 1. The van der Waals surface area contributed by atoms with Crippen LogP contribution in [0, 0.1) is 6.92 Å². The highest BCUT2D eigenvalue weighted by Crippen LogP contribution is 2.17. The molecular weight excluding hydrogens is 234 g/mol. The Morgan fingerprint density at radius 3 is 2.94 bits per heavy atom. The second kappa shape index (κ2) is 5.34. The molecule has 0 bridgehead atoms. The fourth-order valence-electron chi connectivity index (χ4n) is 1.72. The number of imidazole rings is 1. The molecule has 1 aromatic heterocycles. The average molecular weight is 250 g/mol. The molecule has 1 heterocycles. The lowest BCUT2D eigenvalue weighted by Crippen LogP contribution is -2.18. The minimum absolute atomic E-state index is 0.261. The van der Waals surface area contributed by atoms with Crippen LogP contribution < -0.4 is 5.32 Å². The number of H-pyrrole nitrogens is 1. The average Bonchev–Trinajstić information content (AvgIpc) is 2.72. The zero-order valence-corrected chi connectivity index (χ0v) is 10.8. The summed E-state index contributed by atoms with van der Waals surface area (Å²) in [6.07, 6.45) is 1.85. The van der Waals surface area contributed by atoms with Gasteiger partial charge in [0.25, 0.3) is 0 Å². The molecule has 0 saturated carbocycles. The maximum atomic E-state index is 5.97. The number of nitrogens with one attached hydrogen (secondary N) is 2. The number of hydrogen-bond donors (Lipinski definition) is 2. The zero-order chi connectivity index (χ0) is 12.3. The Labute approximate surface area is 106 Å². The van der Waals surface area contributed by atoms with Gasteiger partial charge in [-0.15, -0.1) is 0 Å². The van der Waals surface area contributed by atoms with Crippen molar-refractivity contribution in [2.75, 3.05) is 0 Å².